The highest BCUT2D eigenvalue weighted by atomic mass is 35.5. The van der Waals surface area contributed by atoms with E-state index in [4.69, 9.17) is 16.7 Å². The summed E-state index contributed by atoms with van der Waals surface area (Å²) in [5.41, 5.74) is 0.565. The predicted octanol–water partition coefficient (Wildman–Crippen LogP) is 3.35. The number of carbonyl (C=O) groups is 1. The number of fused-ring (bicyclic) bond motifs is 1. The largest absolute Gasteiger partial charge is 0.480 e. The summed E-state index contributed by atoms with van der Waals surface area (Å²) in [5.74, 6) is -0.641. The number of hydrogen-bond donors (Lipinski definition) is 1. The molecule has 0 spiro atoms. The van der Waals surface area contributed by atoms with Gasteiger partial charge in [-0.2, -0.15) is 0 Å². The maximum atomic E-state index is 12.7. The quantitative estimate of drug-likeness (QED) is 0.755. The van der Waals surface area contributed by atoms with Crippen LogP contribution in [0.4, 0.5) is 0 Å². The van der Waals surface area contributed by atoms with Crippen molar-refractivity contribution in [3.05, 3.63) is 62.0 Å². The summed E-state index contributed by atoms with van der Waals surface area (Å²) in [6.45, 7) is 1.60. The molecular formula is C17H15ClN2O3S. The molecule has 0 atom stereocenters. The third-order valence-corrected chi connectivity index (χ3v) is 5.08. The molecule has 7 heteroatoms. The number of aryl methyl sites for hydroxylation is 1. The molecule has 3 rings (SSSR count). The summed E-state index contributed by atoms with van der Waals surface area (Å²) < 4.78 is 1.23. The average Bonchev–Trinajstić information content (AvgIpc) is 2.94. The molecule has 0 fully saturated rings. The first-order chi connectivity index (χ1) is 11.5. The number of carboxylic acid groups (broad SMARTS) is 1. The molecule has 1 aromatic carbocycles. The highest BCUT2D eigenvalue weighted by Gasteiger charge is 2.16. The molecule has 24 heavy (non-hydrogen) atoms. The van der Waals surface area contributed by atoms with Gasteiger partial charge in [-0.1, -0.05) is 30.7 Å². The molecule has 0 aliphatic rings. The lowest BCUT2D eigenvalue weighted by molar-refractivity contribution is -0.137. The minimum atomic E-state index is -1.07. The van der Waals surface area contributed by atoms with E-state index >= 15 is 0 Å². The van der Waals surface area contributed by atoms with Gasteiger partial charge in [0.15, 0.2) is 0 Å². The zero-order valence-corrected chi connectivity index (χ0v) is 14.5. The third kappa shape index (κ3) is 3.34. The second-order valence-electron chi connectivity index (χ2n) is 5.40. The van der Waals surface area contributed by atoms with Crippen LogP contribution in [0.3, 0.4) is 0 Å². The van der Waals surface area contributed by atoms with Crippen molar-refractivity contribution in [2.24, 2.45) is 0 Å². The van der Waals surface area contributed by atoms with Crippen LogP contribution >= 0.6 is 22.9 Å². The van der Waals surface area contributed by atoms with Crippen molar-refractivity contribution < 1.29 is 9.90 Å². The summed E-state index contributed by atoms with van der Waals surface area (Å²) >= 11 is 7.47. The van der Waals surface area contributed by atoms with E-state index in [9.17, 15) is 9.59 Å². The number of halogens is 1. The molecule has 1 N–H and O–H groups in total. The summed E-state index contributed by atoms with van der Waals surface area (Å²) in [6.07, 6.45) is 1.15. The monoisotopic (exact) mass is 362 g/mol. The molecule has 0 bridgehead atoms. The minimum Gasteiger partial charge on any atom is -0.480 e. The van der Waals surface area contributed by atoms with Crippen molar-refractivity contribution in [2.75, 3.05) is 0 Å². The first-order valence-electron chi connectivity index (χ1n) is 7.46. The molecule has 0 amide bonds. The Balaban J connectivity index is 2.16. The van der Waals surface area contributed by atoms with Crippen LogP contribution in [0.25, 0.3) is 10.2 Å². The van der Waals surface area contributed by atoms with Gasteiger partial charge in [-0.25, -0.2) is 4.98 Å². The Labute approximate surface area is 147 Å². The lowest BCUT2D eigenvalue weighted by Crippen LogP contribution is -2.28. The minimum absolute atomic E-state index is 0.310. The van der Waals surface area contributed by atoms with Crippen molar-refractivity contribution in [3.8, 4) is 0 Å². The molecule has 0 unspecified atom stereocenters. The number of benzene rings is 1. The van der Waals surface area contributed by atoms with Crippen LogP contribution in [0.1, 0.15) is 23.2 Å². The second-order valence-corrected chi connectivity index (χ2v) is 6.96. The van der Waals surface area contributed by atoms with E-state index in [1.54, 1.807) is 18.2 Å². The molecule has 3 aromatic rings. The van der Waals surface area contributed by atoms with Crippen molar-refractivity contribution in [2.45, 2.75) is 26.3 Å². The van der Waals surface area contributed by atoms with Crippen molar-refractivity contribution in [1.82, 2.24) is 9.55 Å². The van der Waals surface area contributed by atoms with E-state index in [1.165, 1.54) is 15.9 Å². The molecular weight excluding hydrogens is 348 g/mol. The zero-order chi connectivity index (χ0) is 17.3. The molecule has 0 saturated heterocycles. The van der Waals surface area contributed by atoms with E-state index in [2.05, 4.69) is 4.98 Å². The van der Waals surface area contributed by atoms with E-state index in [-0.39, 0.29) is 5.56 Å². The van der Waals surface area contributed by atoms with Crippen LogP contribution in [0.2, 0.25) is 5.02 Å². The van der Waals surface area contributed by atoms with E-state index in [0.29, 0.717) is 27.5 Å². The third-order valence-electron chi connectivity index (χ3n) is 3.67. The van der Waals surface area contributed by atoms with E-state index in [0.717, 1.165) is 16.9 Å². The Hall–Kier alpha value is -2.18. The molecule has 2 heterocycles. The molecule has 0 radical (unpaired) electrons. The zero-order valence-electron chi connectivity index (χ0n) is 13.0. The first-order valence-corrected chi connectivity index (χ1v) is 8.65. The Morgan fingerprint density at radius 1 is 1.38 bits per heavy atom. The van der Waals surface area contributed by atoms with Crippen molar-refractivity contribution in [1.29, 1.82) is 0 Å². The molecule has 0 aliphatic carbocycles. The van der Waals surface area contributed by atoms with Gasteiger partial charge in [-0.05, 0) is 30.2 Å². The molecule has 5 nitrogen and oxygen atoms in total. The van der Waals surface area contributed by atoms with Gasteiger partial charge >= 0.3 is 5.97 Å². The van der Waals surface area contributed by atoms with Crippen molar-refractivity contribution in [3.63, 3.8) is 0 Å². The van der Waals surface area contributed by atoms with Gasteiger partial charge in [-0.15, -0.1) is 11.3 Å². The lowest BCUT2D eigenvalue weighted by atomic mass is 10.1. The lowest BCUT2D eigenvalue weighted by Gasteiger charge is -2.10. The van der Waals surface area contributed by atoms with Crippen LogP contribution < -0.4 is 5.56 Å². The van der Waals surface area contributed by atoms with E-state index in [1.807, 2.05) is 19.1 Å². The first kappa shape index (κ1) is 16.7. The highest BCUT2D eigenvalue weighted by molar-refractivity contribution is 7.18. The van der Waals surface area contributed by atoms with Gasteiger partial charge < -0.3 is 5.11 Å². The Morgan fingerprint density at radius 3 is 2.83 bits per heavy atom. The normalized spacial score (nSPS) is 11.1. The highest BCUT2D eigenvalue weighted by Crippen LogP contribution is 2.23. The fraction of sp³-hybridized carbons (Fsp3) is 0.235. The van der Waals surface area contributed by atoms with Crippen LogP contribution in [-0.4, -0.2) is 20.6 Å². The van der Waals surface area contributed by atoms with Gasteiger partial charge in [0.25, 0.3) is 5.56 Å². The molecule has 0 aliphatic heterocycles. The SMILES string of the molecule is CCc1cc2c(=O)n(CC(=O)O)c(Cc3cccc(Cl)c3)nc2s1. The van der Waals surface area contributed by atoms with Crippen LogP contribution in [-0.2, 0) is 24.2 Å². The second kappa shape index (κ2) is 6.75. The fourth-order valence-electron chi connectivity index (χ4n) is 2.54. The van der Waals surface area contributed by atoms with Crippen molar-refractivity contribution >= 4 is 39.1 Å². The van der Waals surface area contributed by atoms with Gasteiger partial charge in [-0.3, -0.25) is 14.2 Å². The topological polar surface area (TPSA) is 72.2 Å². The van der Waals surface area contributed by atoms with Crippen LogP contribution in [0, 0.1) is 0 Å². The smallest absolute Gasteiger partial charge is 0.323 e. The van der Waals surface area contributed by atoms with Gasteiger partial charge in [0.05, 0.1) is 5.39 Å². The molecule has 2 aromatic heterocycles. The number of nitrogens with zero attached hydrogens (tertiary/aromatic N) is 2. The maximum absolute atomic E-state index is 12.7. The summed E-state index contributed by atoms with van der Waals surface area (Å²) in [5, 5.41) is 10.2. The number of rotatable bonds is 5. The number of aromatic nitrogens is 2. The van der Waals surface area contributed by atoms with E-state index < -0.39 is 12.5 Å². The standard InChI is InChI=1S/C17H15ClN2O3S/c1-2-12-8-13-16(24-12)19-14(20(17(13)23)9-15(21)22)7-10-4-3-5-11(18)6-10/h3-6,8H,2,7,9H2,1H3,(H,21,22). The van der Waals surface area contributed by atoms with Crippen LogP contribution in [0.15, 0.2) is 35.1 Å². The Bertz CT molecular complexity index is 978. The Kier molecular flexibility index (Phi) is 4.69. The van der Waals surface area contributed by atoms with Gasteiger partial charge in [0.2, 0.25) is 0 Å². The van der Waals surface area contributed by atoms with Gasteiger partial charge in [0, 0.05) is 16.3 Å². The van der Waals surface area contributed by atoms with Crippen LogP contribution in [0.5, 0.6) is 0 Å². The number of aliphatic carboxylic acids is 1. The molecule has 0 saturated carbocycles. The maximum Gasteiger partial charge on any atom is 0.323 e. The summed E-state index contributed by atoms with van der Waals surface area (Å²) in [4.78, 5) is 30.1. The fourth-order valence-corrected chi connectivity index (χ4v) is 3.73. The number of hydrogen-bond acceptors (Lipinski definition) is 4. The predicted molar refractivity (Wildman–Crippen MR) is 95.2 cm³/mol. The molecule has 124 valence electrons. The number of thiophene rings is 1. The summed E-state index contributed by atoms with van der Waals surface area (Å²) in [7, 11) is 0. The summed E-state index contributed by atoms with van der Waals surface area (Å²) in [6, 6.07) is 9.04. The number of carboxylic acids is 1. The van der Waals surface area contributed by atoms with Gasteiger partial charge in [0.1, 0.15) is 17.2 Å². The Morgan fingerprint density at radius 2 is 2.17 bits per heavy atom. The average molecular weight is 363 g/mol.